The molecule has 1 atom stereocenters. The smallest absolute Gasteiger partial charge is 0.141 e. The lowest BCUT2D eigenvalue weighted by atomic mass is 10.1. The van der Waals surface area contributed by atoms with E-state index in [9.17, 15) is 0 Å². The molecular weight excluding hydrogens is 292 g/mol. The maximum absolute atomic E-state index is 5.80. The van der Waals surface area contributed by atoms with E-state index in [4.69, 9.17) is 5.73 Å². The van der Waals surface area contributed by atoms with E-state index >= 15 is 0 Å². The van der Waals surface area contributed by atoms with Crippen molar-refractivity contribution in [2.75, 3.05) is 11.1 Å². The highest BCUT2D eigenvalue weighted by Gasteiger charge is 2.11. The first kappa shape index (κ1) is 12.8. The van der Waals surface area contributed by atoms with Gasteiger partial charge in [0.1, 0.15) is 5.82 Å². The lowest BCUT2D eigenvalue weighted by molar-refractivity contribution is 0.869. The molecule has 0 aliphatic rings. The molecule has 94 valence electrons. The van der Waals surface area contributed by atoms with Crippen molar-refractivity contribution >= 4 is 27.4 Å². The van der Waals surface area contributed by atoms with Gasteiger partial charge in [0.25, 0.3) is 0 Å². The molecule has 3 N–H and O–H groups in total. The van der Waals surface area contributed by atoms with E-state index in [-0.39, 0.29) is 6.04 Å². The predicted octanol–water partition coefficient (Wildman–Crippen LogP) is 3.30. The summed E-state index contributed by atoms with van der Waals surface area (Å²) in [4.78, 5) is 8.31. The van der Waals surface area contributed by atoms with Crippen molar-refractivity contribution in [2.45, 2.75) is 19.9 Å². The van der Waals surface area contributed by atoms with Crippen LogP contribution in [0.15, 0.2) is 35.2 Å². The Balaban J connectivity index is 2.22. The van der Waals surface area contributed by atoms with Gasteiger partial charge in [-0.1, -0.05) is 0 Å². The average molecular weight is 307 g/mol. The molecule has 0 radical (unpaired) electrons. The van der Waals surface area contributed by atoms with Crippen molar-refractivity contribution in [1.82, 2.24) is 9.97 Å². The number of nitrogens with zero attached hydrogens (tertiary/aromatic N) is 2. The van der Waals surface area contributed by atoms with Crippen molar-refractivity contribution in [3.05, 3.63) is 46.3 Å². The van der Waals surface area contributed by atoms with Crippen LogP contribution in [0.25, 0.3) is 0 Å². The van der Waals surface area contributed by atoms with E-state index in [1.165, 1.54) is 0 Å². The Morgan fingerprint density at radius 2 is 2.00 bits per heavy atom. The van der Waals surface area contributed by atoms with Gasteiger partial charge in [0.05, 0.1) is 22.4 Å². The molecule has 0 saturated heterocycles. The Bertz CT molecular complexity index is 542. The van der Waals surface area contributed by atoms with Gasteiger partial charge in [-0.25, -0.2) is 4.98 Å². The van der Waals surface area contributed by atoms with Gasteiger partial charge in [-0.05, 0) is 53.0 Å². The van der Waals surface area contributed by atoms with Gasteiger partial charge in [-0.2, -0.15) is 0 Å². The second kappa shape index (κ2) is 5.35. The average Bonchev–Trinajstić information content (AvgIpc) is 2.40. The third-order valence-electron chi connectivity index (χ3n) is 2.86. The first-order valence-corrected chi connectivity index (χ1v) is 6.46. The Morgan fingerprint density at radius 3 is 2.67 bits per heavy atom. The van der Waals surface area contributed by atoms with Gasteiger partial charge in [0, 0.05) is 12.4 Å². The van der Waals surface area contributed by atoms with Gasteiger partial charge in [-0.3, -0.25) is 4.98 Å². The van der Waals surface area contributed by atoms with E-state index in [0.29, 0.717) is 5.69 Å². The number of nitrogen functional groups attached to an aromatic ring is 1. The number of hydrogen-bond acceptors (Lipinski definition) is 4. The lowest BCUT2D eigenvalue weighted by Gasteiger charge is -2.17. The molecule has 0 fully saturated rings. The highest BCUT2D eigenvalue weighted by molar-refractivity contribution is 9.10. The molecule has 0 aliphatic carbocycles. The lowest BCUT2D eigenvalue weighted by Crippen LogP contribution is -2.09. The number of pyridine rings is 2. The van der Waals surface area contributed by atoms with E-state index in [2.05, 4.69) is 38.1 Å². The number of aromatic nitrogens is 2. The fraction of sp³-hybridized carbons (Fsp3) is 0.231. The molecule has 5 heteroatoms. The van der Waals surface area contributed by atoms with Crippen LogP contribution in [0.4, 0.5) is 11.5 Å². The minimum Gasteiger partial charge on any atom is -0.397 e. The van der Waals surface area contributed by atoms with E-state index in [0.717, 1.165) is 21.4 Å². The summed E-state index contributed by atoms with van der Waals surface area (Å²) in [7, 11) is 0. The van der Waals surface area contributed by atoms with Crippen LogP contribution in [-0.2, 0) is 0 Å². The van der Waals surface area contributed by atoms with Crippen molar-refractivity contribution in [2.24, 2.45) is 0 Å². The highest BCUT2D eigenvalue weighted by atomic mass is 79.9. The van der Waals surface area contributed by atoms with Crippen molar-refractivity contribution in [3.63, 3.8) is 0 Å². The molecule has 0 spiro atoms. The molecule has 2 aromatic heterocycles. The van der Waals surface area contributed by atoms with Crippen LogP contribution in [0.2, 0.25) is 0 Å². The Morgan fingerprint density at radius 1 is 1.33 bits per heavy atom. The zero-order valence-corrected chi connectivity index (χ0v) is 11.9. The van der Waals surface area contributed by atoms with Gasteiger partial charge >= 0.3 is 0 Å². The second-order valence-electron chi connectivity index (χ2n) is 4.15. The van der Waals surface area contributed by atoms with Crippen LogP contribution >= 0.6 is 15.9 Å². The first-order chi connectivity index (χ1) is 8.59. The number of anilines is 2. The Labute approximate surface area is 115 Å². The topological polar surface area (TPSA) is 63.8 Å². The molecule has 18 heavy (non-hydrogen) atoms. The molecule has 2 rings (SSSR count). The molecule has 2 aromatic rings. The molecule has 0 bridgehead atoms. The van der Waals surface area contributed by atoms with E-state index in [1.54, 1.807) is 18.6 Å². The summed E-state index contributed by atoms with van der Waals surface area (Å²) >= 11 is 3.51. The summed E-state index contributed by atoms with van der Waals surface area (Å²) in [5.41, 5.74) is 8.64. The Hall–Kier alpha value is -1.62. The predicted molar refractivity (Wildman–Crippen MR) is 77.4 cm³/mol. The minimum absolute atomic E-state index is 0.153. The van der Waals surface area contributed by atoms with Crippen LogP contribution in [-0.4, -0.2) is 9.97 Å². The molecule has 1 unspecified atom stereocenters. The van der Waals surface area contributed by atoms with Crippen LogP contribution in [0.5, 0.6) is 0 Å². The first-order valence-electron chi connectivity index (χ1n) is 5.66. The number of nitrogens with two attached hydrogens (primary N) is 1. The molecule has 0 aromatic carbocycles. The van der Waals surface area contributed by atoms with Gasteiger partial charge in [0.15, 0.2) is 0 Å². The van der Waals surface area contributed by atoms with Gasteiger partial charge < -0.3 is 11.1 Å². The van der Waals surface area contributed by atoms with Crippen molar-refractivity contribution in [1.29, 1.82) is 0 Å². The van der Waals surface area contributed by atoms with E-state index < -0.39 is 0 Å². The molecule has 2 heterocycles. The fourth-order valence-electron chi connectivity index (χ4n) is 1.63. The summed E-state index contributed by atoms with van der Waals surface area (Å²) in [6.07, 6.45) is 5.23. The largest absolute Gasteiger partial charge is 0.397 e. The molecule has 4 nitrogen and oxygen atoms in total. The van der Waals surface area contributed by atoms with Crippen LogP contribution in [0.3, 0.4) is 0 Å². The van der Waals surface area contributed by atoms with Crippen molar-refractivity contribution in [3.8, 4) is 0 Å². The Kier molecular flexibility index (Phi) is 3.81. The maximum atomic E-state index is 5.80. The number of halogens is 1. The third kappa shape index (κ3) is 2.61. The van der Waals surface area contributed by atoms with Gasteiger partial charge in [-0.15, -0.1) is 0 Å². The third-order valence-corrected chi connectivity index (χ3v) is 3.83. The number of hydrogen-bond donors (Lipinski definition) is 2. The number of rotatable bonds is 3. The molecule has 0 amide bonds. The zero-order chi connectivity index (χ0) is 13.1. The van der Waals surface area contributed by atoms with Crippen molar-refractivity contribution < 1.29 is 0 Å². The summed E-state index contributed by atoms with van der Waals surface area (Å²) in [6.45, 7) is 4.04. The van der Waals surface area contributed by atoms with Crippen LogP contribution in [0, 0.1) is 6.92 Å². The fourth-order valence-corrected chi connectivity index (χ4v) is 2.08. The molecular formula is C13H15BrN4. The molecule has 0 saturated carbocycles. The summed E-state index contributed by atoms with van der Waals surface area (Å²) in [5.74, 6) is 0.797. The highest BCUT2D eigenvalue weighted by Crippen LogP contribution is 2.30. The second-order valence-corrected chi connectivity index (χ2v) is 4.94. The maximum Gasteiger partial charge on any atom is 0.141 e. The monoisotopic (exact) mass is 306 g/mol. The summed E-state index contributed by atoms with van der Waals surface area (Å²) in [5, 5.41) is 3.35. The quantitative estimate of drug-likeness (QED) is 0.913. The standard InChI is InChI=1S/C13H15BrN4/c1-8-11(15)7-17-13(12(8)14)18-9(2)10-3-5-16-6-4-10/h3-7,9H,15H2,1-2H3,(H,17,18). The van der Waals surface area contributed by atoms with Crippen LogP contribution < -0.4 is 11.1 Å². The van der Waals surface area contributed by atoms with Crippen LogP contribution in [0.1, 0.15) is 24.1 Å². The van der Waals surface area contributed by atoms with Gasteiger partial charge in [0.2, 0.25) is 0 Å². The minimum atomic E-state index is 0.153. The number of nitrogens with one attached hydrogen (secondary N) is 1. The summed E-state index contributed by atoms with van der Waals surface area (Å²) < 4.78 is 0.906. The zero-order valence-electron chi connectivity index (χ0n) is 10.3. The normalized spacial score (nSPS) is 12.2. The molecule has 0 aliphatic heterocycles. The van der Waals surface area contributed by atoms with E-state index in [1.807, 2.05) is 19.1 Å². The SMILES string of the molecule is Cc1c(N)cnc(NC(C)c2ccncc2)c1Br. The summed E-state index contributed by atoms with van der Waals surface area (Å²) in [6, 6.07) is 4.12.